The maximum atomic E-state index is 13.9. The summed E-state index contributed by atoms with van der Waals surface area (Å²) in [5.74, 6) is -0.944. The second-order valence-corrected chi connectivity index (χ2v) is 13.5. The number of hydrogen-bond acceptors (Lipinski definition) is 8. The first-order chi connectivity index (χ1) is 19.3. The predicted octanol–water partition coefficient (Wildman–Crippen LogP) is 5.94. The van der Waals surface area contributed by atoms with E-state index in [1.54, 1.807) is 6.92 Å². The Bertz CT molecular complexity index is 1320. The minimum Gasteiger partial charge on any atom is -0.459 e. The second kappa shape index (κ2) is 12.5. The molecule has 3 aromatic rings. The number of fused-ring (bicyclic) bond motifs is 1. The number of phosphoric ester groups is 1. The predicted molar refractivity (Wildman–Crippen MR) is 152 cm³/mol. The van der Waals surface area contributed by atoms with Crippen molar-refractivity contribution in [3.8, 4) is 0 Å². The highest BCUT2D eigenvalue weighted by Crippen LogP contribution is 2.57. The summed E-state index contributed by atoms with van der Waals surface area (Å²) in [5, 5.41) is -1.21. The van der Waals surface area contributed by atoms with E-state index in [1.807, 2.05) is 91.0 Å². The molecule has 4 atom stereocenters. The molecular weight excluding hydrogens is 573 g/mol. The van der Waals surface area contributed by atoms with Gasteiger partial charge in [-0.05, 0) is 23.6 Å². The maximum Gasteiger partial charge on any atom is 0.475 e. The molecule has 0 bridgehead atoms. The number of nitrogens with zero attached hydrogens (tertiary/aromatic N) is 1. The maximum absolute atomic E-state index is 13.9. The quantitative estimate of drug-likeness (QED) is 0.109. The Morgan fingerprint density at radius 3 is 1.82 bits per heavy atom. The lowest BCUT2D eigenvalue weighted by molar-refractivity contribution is -0.162. The number of ether oxygens (including phenoxy) is 1. The minimum atomic E-state index is -4.12. The molecule has 2 fully saturated rings. The van der Waals surface area contributed by atoms with Gasteiger partial charge >= 0.3 is 13.8 Å². The third-order valence-corrected chi connectivity index (χ3v) is 10.2. The summed E-state index contributed by atoms with van der Waals surface area (Å²) in [6.07, 6.45) is 0. The first-order valence-electron chi connectivity index (χ1n) is 12.7. The fraction of sp³-hybridized carbons (Fsp3) is 0.310. The molecule has 40 heavy (non-hydrogen) atoms. The SMILES string of the molecule is C[C@@]1(COP(=O)(OCc2ccccc2)OCc2ccccc2)S[C@@H]2[C@@H](Cl)C(=O)N2[C@H]1C(=O)OCc1ccccc1. The Morgan fingerprint density at radius 1 is 0.850 bits per heavy atom. The van der Waals surface area contributed by atoms with Crippen molar-refractivity contribution in [1.29, 1.82) is 0 Å². The van der Waals surface area contributed by atoms with E-state index < -0.39 is 35.3 Å². The van der Waals surface area contributed by atoms with E-state index in [2.05, 4.69) is 0 Å². The van der Waals surface area contributed by atoms with Gasteiger partial charge in [0.05, 0.1) is 24.6 Å². The molecule has 8 nitrogen and oxygen atoms in total. The number of carbonyl (C=O) groups is 2. The fourth-order valence-electron chi connectivity index (χ4n) is 4.53. The molecule has 2 heterocycles. The topological polar surface area (TPSA) is 91.4 Å². The van der Waals surface area contributed by atoms with Crippen molar-refractivity contribution in [2.24, 2.45) is 0 Å². The van der Waals surface area contributed by atoms with E-state index >= 15 is 0 Å². The molecule has 5 rings (SSSR count). The Balaban J connectivity index is 1.32. The molecule has 0 aliphatic carbocycles. The van der Waals surface area contributed by atoms with Gasteiger partial charge in [-0.2, -0.15) is 0 Å². The zero-order chi connectivity index (χ0) is 28.2. The molecule has 0 unspecified atom stereocenters. The van der Waals surface area contributed by atoms with E-state index in [9.17, 15) is 14.2 Å². The van der Waals surface area contributed by atoms with Gasteiger partial charge in [-0.25, -0.2) is 9.36 Å². The third-order valence-electron chi connectivity index (χ3n) is 6.68. The highest BCUT2D eigenvalue weighted by molar-refractivity contribution is 8.01. The smallest absolute Gasteiger partial charge is 0.459 e. The van der Waals surface area contributed by atoms with Crippen LogP contribution in [0.1, 0.15) is 23.6 Å². The molecule has 11 heteroatoms. The lowest BCUT2D eigenvalue weighted by Crippen LogP contribution is -2.64. The van der Waals surface area contributed by atoms with Gasteiger partial charge in [0.25, 0.3) is 0 Å². The van der Waals surface area contributed by atoms with Crippen molar-refractivity contribution in [3.63, 3.8) is 0 Å². The van der Waals surface area contributed by atoms with Crippen LogP contribution >= 0.6 is 31.2 Å². The molecule has 3 aromatic carbocycles. The average molecular weight is 602 g/mol. The van der Waals surface area contributed by atoms with Crippen LogP contribution in [0.15, 0.2) is 91.0 Å². The first-order valence-corrected chi connectivity index (χ1v) is 15.5. The average Bonchev–Trinajstić information content (AvgIpc) is 3.28. The number of thioether (sulfide) groups is 1. The molecule has 0 N–H and O–H groups in total. The largest absolute Gasteiger partial charge is 0.475 e. The zero-order valence-electron chi connectivity index (χ0n) is 21.8. The van der Waals surface area contributed by atoms with Crippen molar-refractivity contribution >= 4 is 43.1 Å². The fourth-order valence-corrected chi connectivity index (χ4v) is 7.86. The van der Waals surface area contributed by atoms with Gasteiger partial charge in [0.1, 0.15) is 23.4 Å². The van der Waals surface area contributed by atoms with Crippen LogP contribution in [0.3, 0.4) is 0 Å². The van der Waals surface area contributed by atoms with Crippen LogP contribution in [-0.2, 0) is 52.3 Å². The van der Waals surface area contributed by atoms with E-state index in [-0.39, 0.29) is 32.3 Å². The zero-order valence-corrected chi connectivity index (χ0v) is 24.2. The summed E-state index contributed by atoms with van der Waals surface area (Å²) in [6, 6.07) is 26.7. The van der Waals surface area contributed by atoms with Crippen LogP contribution in [0.5, 0.6) is 0 Å². The van der Waals surface area contributed by atoms with Crippen molar-refractivity contribution < 1.29 is 32.5 Å². The van der Waals surface area contributed by atoms with Crippen molar-refractivity contribution in [1.82, 2.24) is 4.90 Å². The minimum absolute atomic E-state index is 0.00367. The first kappa shape index (κ1) is 28.9. The van der Waals surface area contributed by atoms with Crippen LogP contribution in [0, 0.1) is 0 Å². The summed E-state index contributed by atoms with van der Waals surface area (Å²) in [7, 11) is -4.12. The number of phosphoric acid groups is 1. The van der Waals surface area contributed by atoms with Crippen LogP contribution in [-0.4, -0.2) is 44.9 Å². The van der Waals surface area contributed by atoms with Gasteiger partial charge in [-0.3, -0.25) is 18.4 Å². The number of benzene rings is 3. The molecule has 2 aliphatic rings. The van der Waals surface area contributed by atoms with Crippen molar-refractivity contribution in [3.05, 3.63) is 108 Å². The summed E-state index contributed by atoms with van der Waals surface area (Å²) in [4.78, 5) is 27.5. The van der Waals surface area contributed by atoms with Gasteiger partial charge in [0.2, 0.25) is 5.91 Å². The lowest BCUT2D eigenvalue weighted by Gasteiger charge is -2.41. The second-order valence-electron chi connectivity index (χ2n) is 9.70. The number of alkyl halides is 1. The molecule has 0 radical (unpaired) electrons. The summed E-state index contributed by atoms with van der Waals surface area (Å²) in [6.45, 7) is 1.59. The number of hydrogen-bond donors (Lipinski definition) is 0. The molecule has 1 amide bonds. The highest BCUT2D eigenvalue weighted by atomic mass is 35.5. The molecule has 0 spiro atoms. The van der Waals surface area contributed by atoms with Gasteiger partial charge < -0.3 is 9.64 Å². The number of amides is 1. The Labute approximate surface area is 242 Å². The van der Waals surface area contributed by atoms with Gasteiger partial charge in [-0.15, -0.1) is 23.4 Å². The number of rotatable bonds is 12. The lowest BCUT2D eigenvalue weighted by atomic mass is 9.97. The van der Waals surface area contributed by atoms with Crippen molar-refractivity contribution in [2.45, 2.75) is 48.3 Å². The van der Waals surface area contributed by atoms with Gasteiger partial charge in [0, 0.05) is 0 Å². The monoisotopic (exact) mass is 601 g/mol. The van der Waals surface area contributed by atoms with Crippen LogP contribution in [0.25, 0.3) is 0 Å². The summed E-state index contributed by atoms with van der Waals surface area (Å²) in [5.41, 5.74) is 2.39. The van der Waals surface area contributed by atoms with E-state index in [1.165, 1.54) is 16.7 Å². The standard InChI is InChI=1S/C29H29ClNO7PS/c1-29(25(31-26(32)24(30)27(31)40-29)28(33)35-17-21-11-5-2-6-12-21)20-38-39(34,36-18-22-13-7-3-8-14-22)37-19-23-15-9-4-10-16-23/h2-16,24-25,27H,17-20H2,1H3/t24-,25-,27+,29-/m0/s1. The molecular formula is C29H29ClNO7PS. The van der Waals surface area contributed by atoms with E-state index in [0.29, 0.717) is 0 Å². The van der Waals surface area contributed by atoms with E-state index in [4.69, 9.17) is 29.9 Å². The molecule has 2 saturated heterocycles. The number of carbonyl (C=O) groups excluding carboxylic acids is 2. The number of esters is 1. The normalized spacial score (nSPS) is 23.9. The van der Waals surface area contributed by atoms with Crippen LogP contribution in [0.2, 0.25) is 0 Å². The summed E-state index contributed by atoms with van der Waals surface area (Å²) < 4.78 is 35.8. The number of β-lactam (4-membered cyclic amide) rings is 1. The third kappa shape index (κ3) is 6.46. The highest BCUT2D eigenvalue weighted by Gasteiger charge is 2.65. The Hall–Kier alpha value is -2.65. The Kier molecular flexibility index (Phi) is 9.00. The van der Waals surface area contributed by atoms with Gasteiger partial charge in [0.15, 0.2) is 0 Å². The molecule has 210 valence electrons. The van der Waals surface area contributed by atoms with Gasteiger partial charge in [-0.1, -0.05) is 91.0 Å². The Morgan fingerprint density at radius 2 is 1.32 bits per heavy atom. The number of halogens is 1. The van der Waals surface area contributed by atoms with E-state index in [0.717, 1.165) is 16.7 Å². The van der Waals surface area contributed by atoms with Crippen LogP contribution in [0.4, 0.5) is 0 Å². The van der Waals surface area contributed by atoms with Crippen LogP contribution < -0.4 is 0 Å². The molecule has 0 saturated carbocycles. The molecule has 2 aliphatic heterocycles. The van der Waals surface area contributed by atoms with Crippen molar-refractivity contribution in [2.75, 3.05) is 6.61 Å². The molecule has 0 aromatic heterocycles. The summed E-state index contributed by atoms with van der Waals surface area (Å²) >= 11 is 7.60.